The number of aromatic hydroxyl groups is 1. The molecule has 0 unspecified atom stereocenters. The molecule has 2 N–H and O–H groups in total. The Kier molecular flexibility index (Phi) is 5.19. The van der Waals surface area contributed by atoms with Gasteiger partial charge in [0.05, 0.1) is 23.4 Å². The molecule has 0 amide bonds. The van der Waals surface area contributed by atoms with Gasteiger partial charge in [0.1, 0.15) is 5.75 Å². The molecule has 2 aromatic rings. The van der Waals surface area contributed by atoms with Crippen LogP contribution in [0.2, 0.25) is 0 Å². The summed E-state index contributed by atoms with van der Waals surface area (Å²) in [6, 6.07) is -1.97. The number of hydrogen-bond donors (Lipinski definition) is 2. The Bertz CT molecular complexity index is 764. The summed E-state index contributed by atoms with van der Waals surface area (Å²) in [6.45, 7) is -0.219. The average molecular weight is 368 g/mol. The summed E-state index contributed by atoms with van der Waals surface area (Å²) in [7, 11) is 0. The van der Waals surface area contributed by atoms with Crippen LogP contribution in [0.5, 0.6) is 11.6 Å². The van der Waals surface area contributed by atoms with Crippen molar-refractivity contribution in [3.8, 4) is 11.6 Å². The van der Waals surface area contributed by atoms with Crippen molar-refractivity contribution in [1.82, 2.24) is 4.98 Å². The van der Waals surface area contributed by atoms with Gasteiger partial charge >= 0.3 is 12.2 Å². The van der Waals surface area contributed by atoms with Crippen molar-refractivity contribution in [2.45, 2.75) is 25.6 Å². The molecule has 2 rings (SSSR count). The van der Waals surface area contributed by atoms with E-state index in [-0.39, 0.29) is 18.0 Å². The van der Waals surface area contributed by atoms with E-state index in [1.165, 1.54) is 5.32 Å². The quantitative estimate of drug-likeness (QED) is 0.440. The number of pyridine rings is 1. The third-order valence-corrected chi connectivity index (χ3v) is 3.15. The minimum absolute atomic E-state index is 0.129. The minimum atomic E-state index is -4.82. The number of rotatable bonds is 6. The standard InChI is InChI=1S/C15H14F6N2O2/c1-2-3-25-13-5-9(15(19,20)21)8-4-11(23-14(17,18)7-16)12(24)6-10(8)22-13/h4-6,23-24H,2-3,7H2,1H3. The Morgan fingerprint density at radius 2 is 1.84 bits per heavy atom. The van der Waals surface area contributed by atoms with E-state index in [1.807, 2.05) is 0 Å². The van der Waals surface area contributed by atoms with E-state index in [2.05, 4.69) is 4.98 Å². The third-order valence-electron chi connectivity index (χ3n) is 3.15. The number of aromatic nitrogens is 1. The fourth-order valence-electron chi connectivity index (χ4n) is 2.08. The molecule has 4 nitrogen and oxygen atoms in total. The molecule has 0 atom stereocenters. The molecule has 0 bridgehead atoms. The van der Waals surface area contributed by atoms with E-state index >= 15 is 0 Å². The van der Waals surface area contributed by atoms with Crippen LogP contribution in [0.1, 0.15) is 18.9 Å². The van der Waals surface area contributed by atoms with E-state index in [0.717, 1.165) is 6.07 Å². The van der Waals surface area contributed by atoms with Gasteiger partial charge < -0.3 is 15.2 Å². The molecule has 138 valence electrons. The number of hydrogen-bond acceptors (Lipinski definition) is 4. The summed E-state index contributed by atoms with van der Waals surface area (Å²) in [5.74, 6) is -1.11. The van der Waals surface area contributed by atoms with Gasteiger partial charge in [0, 0.05) is 17.5 Å². The number of nitrogens with zero attached hydrogens (tertiary/aromatic N) is 1. The number of halogens is 6. The molecular formula is C15H14F6N2O2. The van der Waals surface area contributed by atoms with Crippen molar-refractivity contribution in [3.05, 3.63) is 23.8 Å². The zero-order valence-electron chi connectivity index (χ0n) is 12.9. The van der Waals surface area contributed by atoms with Crippen LogP contribution in [0.15, 0.2) is 18.2 Å². The van der Waals surface area contributed by atoms with Crippen LogP contribution >= 0.6 is 0 Å². The summed E-state index contributed by atoms with van der Waals surface area (Å²) in [6.07, 6.45) is -4.28. The lowest BCUT2D eigenvalue weighted by molar-refractivity contribution is -0.136. The van der Waals surface area contributed by atoms with Crippen molar-refractivity contribution >= 4 is 16.6 Å². The van der Waals surface area contributed by atoms with Crippen LogP contribution in [0, 0.1) is 0 Å². The summed E-state index contributed by atoms with van der Waals surface area (Å²) < 4.78 is 83.4. The molecule has 0 aliphatic carbocycles. The number of phenolic OH excluding ortho intramolecular Hbond substituents is 1. The van der Waals surface area contributed by atoms with E-state index in [1.54, 1.807) is 6.92 Å². The molecule has 0 fully saturated rings. The summed E-state index contributed by atoms with van der Waals surface area (Å²) in [4.78, 5) is 3.83. The average Bonchev–Trinajstić information content (AvgIpc) is 2.52. The fraction of sp³-hybridized carbons (Fsp3) is 0.400. The molecule has 10 heteroatoms. The zero-order valence-corrected chi connectivity index (χ0v) is 12.9. The second-order valence-electron chi connectivity index (χ2n) is 5.20. The van der Waals surface area contributed by atoms with E-state index in [9.17, 15) is 31.4 Å². The molecule has 1 aromatic carbocycles. The van der Waals surface area contributed by atoms with Crippen molar-refractivity contribution < 1.29 is 36.2 Å². The van der Waals surface area contributed by atoms with Crippen molar-refractivity contribution in [2.24, 2.45) is 0 Å². The topological polar surface area (TPSA) is 54.4 Å². The van der Waals surface area contributed by atoms with Gasteiger partial charge in [-0.3, -0.25) is 0 Å². The van der Waals surface area contributed by atoms with Crippen molar-refractivity contribution in [3.63, 3.8) is 0 Å². The minimum Gasteiger partial charge on any atom is -0.506 e. The molecule has 1 aromatic heterocycles. The lowest BCUT2D eigenvalue weighted by Crippen LogP contribution is -2.29. The molecule has 0 aliphatic heterocycles. The first kappa shape index (κ1) is 18.9. The maximum absolute atomic E-state index is 13.3. The second kappa shape index (κ2) is 6.85. The predicted molar refractivity (Wildman–Crippen MR) is 78.7 cm³/mol. The van der Waals surface area contributed by atoms with Gasteiger partial charge in [-0.1, -0.05) is 6.92 Å². The van der Waals surface area contributed by atoms with Gasteiger partial charge in [0.2, 0.25) is 5.88 Å². The highest BCUT2D eigenvalue weighted by Gasteiger charge is 2.35. The largest absolute Gasteiger partial charge is 0.506 e. The number of fused-ring (bicyclic) bond motifs is 1. The van der Waals surface area contributed by atoms with Crippen LogP contribution in [-0.2, 0) is 6.18 Å². The third kappa shape index (κ3) is 4.37. The Morgan fingerprint density at radius 3 is 2.40 bits per heavy atom. The number of alkyl halides is 6. The zero-order chi connectivity index (χ0) is 18.8. The predicted octanol–water partition coefficient (Wildman–Crippen LogP) is 4.72. The molecule has 0 radical (unpaired) electrons. The molecule has 0 saturated heterocycles. The van der Waals surface area contributed by atoms with Gasteiger partial charge in [-0.25, -0.2) is 9.37 Å². The smallest absolute Gasteiger partial charge is 0.417 e. The van der Waals surface area contributed by atoms with Gasteiger partial charge in [-0.2, -0.15) is 22.0 Å². The number of ether oxygens (including phenoxy) is 1. The maximum atomic E-state index is 13.3. The number of anilines is 1. The SMILES string of the molecule is CCCOc1cc(C(F)(F)F)c2cc(NC(F)(F)CF)c(O)cc2n1. The monoisotopic (exact) mass is 368 g/mol. The Balaban J connectivity index is 2.63. The number of benzene rings is 1. The van der Waals surface area contributed by atoms with Crippen LogP contribution in [-0.4, -0.2) is 29.4 Å². The number of phenols is 1. The van der Waals surface area contributed by atoms with Crippen LogP contribution in [0.3, 0.4) is 0 Å². The first-order valence-corrected chi connectivity index (χ1v) is 7.17. The Morgan fingerprint density at radius 1 is 1.16 bits per heavy atom. The Labute approximate surface area is 138 Å². The van der Waals surface area contributed by atoms with Crippen LogP contribution in [0.25, 0.3) is 10.9 Å². The second-order valence-corrected chi connectivity index (χ2v) is 5.20. The fourth-order valence-corrected chi connectivity index (χ4v) is 2.08. The molecule has 0 aliphatic rings. The first-order chi connectivity index (χ1) is 11.6. The van der Waals surface area contributed by atoms with E-state index in [4.69, 9.17) is 4.74 Å². The molecule has 0 spiro atoms. The van der Waals surface area contributed by atoms with Crippen LogP contribution in [0.4, 0.5) is 32.0 Å². The molecule has 0 saturated carbocycles. The lowest BCUT2D eigenvalue weighted by Gasteiger charge is -2.18. The molecule has 1 heterocycles. The summed E-state index contributed by atoms with van der Waals surface area (Å²) in [5.41, 5.74) is -2.22. The summed E-state index contributed by atoms with van der Waals surface area (Å²) in [5, 5.41) is 10.6. The number of nitrogens with one attached hydrogen (secondary N) is 1. The van der Waals surface area contributed by atoms with E-state index in [0.29, 0.717) is 18.6 Å². The van der Waals surface area contributed by atoms with Crippen molar-refractivity contribution in [1.29, 1.82) is 0 Å². The Hall–Kier alpha value is -2.39. The van der Waals surface area contributed by atoms with Crippen molar-refractivity contribution in [2.75, 3.05) is 18.6 Å². The first-order valence-electron chi connectivity index (χ1n) is 7.17. The van der Waals surface area contributed by atoms with Crippen LogP contribution < -0.4 is 10.1 Å². The highest BCUT2D eigenvalue weighted by atomic mass is 19.4. The molecular weight excluding hydrogens is 354 g/mol. The highest BCUT2D eigenvalue weighted by Crippen LogP contribution is 2.40. The van der Waals surface area contributed by atoms with Gasteiger partial charge in [-0.15, -0.1) is 0 Å². The molecule has 25 heavy (non-hydrogen) atoms. The lowest BCUT2D eigenvalue weighted by atomic mass is 10.1. The van der Waals surface area contributed by atoms with E-state index < -0.39 is 41.3 Å². The normalized spacial score (nSPS) is 12.4. The van der Waals surface area contributed by atoms with Gasteiger partial charge in [0.25, 0.3) is 0 Å². The highest BCUT2D eigenvalue weighted by molar-refractivity contribution is 5.89. The van der Waals surface area contributed by atoms with Gasteiger partial charge in [0.15, 0.2) is 6.67 Å². The van der Waals surface area contributed by atoms with Gasteiger partial charge in [-0.05, 0) is 12.5 Å². The summed E-state index contributed by atoms with van der Waals surface area (Å²) >= 11 is 0. The maximum Gasteiger partial charge on any atom is 0.417 e.